The Morgan fingerprint density at radius 3 is 2.83 bits per heavy atom. The Hall–Kier alpha value is -2.73. The number of hydrogen-bond donors (Lipinski definition) is 1. The highest BCUT2D eigenvalue weighted by Crippen LogP contribution is 2.37. The molecule has 0 bridgehead atoms. The van der Waals surface area contributed by atoms with Crippen LogP contribution in [0.25, 0.3) is 0 Å². The van der Waals surface area contributed by atoms with Crippen LogP contribution < -0.4 is 14.8 Å². The molecule has 1 fully saturated rings. The summed E-state index contributed by atoms with van der Waals surface area (Å²) in [5.74, 6) is 1.41. The standard InChI is InChI=1S/C24H30N2O4/c1-3-4-13-26-23(25-20-10-6-5-9-19(20)24(26)27)17-11-12-21(22(15-17)28-2)30-16-18-8-7-14-29-18/h5-6,9-12,15,18,23,25H,3-4,7-8,13-14,16H2,1-2H3. The van der Waals surface area contributed by atoms with Crippen molar-refractivity contribution >= 4 is 11.6 Å². The van der Waals surface area contributed by atoms with Crippen LogP contribution in [0.1, 0.15) is 54.7 Å². The zero-order valence-electron chi connectivity index (χ0n) is 17.7. The second kappa shape index (κ2) is 9.39. The predicted octanol–water partition coefficient (Wildman–Crippen LogP) is 4.62. The summed E-state index contributed by atoms with van der Waals surface area (Å²) in [7, 11) is 1.64. The van der Waals surface area contributed by atoms with Crippen LogP contribution >= 0.6 is 0 Å². The average molecular weight is 411 g/mol. The molecule has 2 atom stereocenters. The molecule has 2 heterocycles. The number of carbonyl (C=O) groups is 1. The molecule has 4 rings (SSSR count). The van der Waals surface area contributed by atoms with E-state index in [9.17, 15) is 4.79 Å². The zero-order chi connectivity index (χ0) is 20.9. The van der Waals surface area contributed by atoms with E-state index in [2.05, 4.69) is 12.2 Å². The topological polar surface area (TPSA) is 60.0 Å². The van der Waals surface area contributed by atoms with Crippen molar-refractivity contribution in [3.63, 3.8) is 0 Å². The molecular weight excluding hydrogens is 380 g/mol. The number of ether oxygens (including phenoxy) is 3. The van der Waals surface area contributed by atoms with E-state index in [0.29, 0.717) is 30.2 Å². The van der Waals surface area contributed by atoms with E-state index in [1.165, 1.54) is 0 Å². The van der Waals surface area contributed by atoms with Crippen LogP contribution in [-0.2, 0) is 4.74 Å². The van der Waals surface area contributed by atoms with Crippen LogP contribution in [0.3, 0.4) is 0 Å². The maximum atomic E-state index is 13.2. The van der Waals surface area contributed by atoms with Gasteiger partial charge in [-0.1, -0.05) is 31.5 Å². The van der Waals surface area contributed by atoms with E-state index in [0.717, 1.165) is 43.5 Å². The number of rotatable bonds is 8. The van der Waals surface area contributed by atoms with Gasteiger partial charge < -0.3 is 24.4 Å². The highest BCUT2D eigenvalue weighted by Gasteiger charge is 2.32. The SMILES string of the molecule is CCCCN1C(=O)c2ccccc2NC1c1ccc(OCC2CCCO2)c(OC)c1. The van der Waals surface area contributed by atoms with E-state index >= 15 is 0 Å². The Morgan fingerprint density at radius 1 is 1.20 bits per heavy atom. The molecule has 2 aliphatic heterocycles. The molecule has 160 valence electrons. The number of fused-ring (bicyclic) bond motifs is 1. The third-order valence-corrected chi connectivity index (χ3v) is 5.73. The average Bonchev–Trinajstić information content (AvgIpc) is 3.30. The molecule has 1 N–H and O–H groups in total. The van der Waals surface area contributed by atoms with Crippen molar-refractivity contribution in [1.82, 2.24) is 4.90 Å². The molecule has 1 saturated heterocycles. The molecular formula is C24H30N2O4. The number of amides is 1. The fourth-order valence-corrected chi connectivity index (χ4v) is 4.05. The number of nitrogens with zero attached hydrogens (tertiary/aromatic N) is 1. The Labute approximate surface area is 178 Å². The van der Waals surface area contributed by atoms with Gasteiger partial charge >= 0.3 is 0 Å². The molecule has 0 saturated carbocycles. The smallest absolute Gasteiger partial charge is 0.257 e. The number of unbranched alkanes of at least 4 members (excludes halogenated alkanes) is 1. The lowest BCUT2D eigenvalue weighted by Gasteiger charge is -2.38. The normalized spacial score (nSPS) is 20.6. The lowest BCUT2D eigenvalue weighted by atomic mass is 10.0. The minimum atomic E-state index is -0.250. The number of anilines is 1. The van der Waals surface area contributed by atoms with Crippen LogP contribution in [0.15, 0.2) is 42.5 Å². The lowest BCUT2D eigenvalue weighted by molar-refractivity contribution is 0.0664. The van der Waals surface area contributed by atoms with Gasteiger partial charge in [-0.05, 0) is 49.1 Å². The fourth-order valence-electron chi connectivity index (χ4n) is 4.05. The van der Waals surface area contributed by atoms with Crippen molar-refractivity contribution in [2.45, 2.75) is 44.9 Å². The maximum Gasteiger partial charge on any atom is 0.257 e. The summed E-state index contributed by atoms with van der Waals surface area (Å²) in [5, 5.41) is 3.54. The second-order valence-electron chi connectivity index (χ2n) is 7.80. The van der Waals surface area contributed by atoms with E-state index in [-0.39, 0.29) is 18.2 Å². The number of nitrogens with one attached hydrogen (secondary N) is 1. The molecule has 0 radical (unpaired) electrons. The van der Waals surface area contributed by atoms with Crippen LogP contribution in [0, 0.1) is 0 Å². The number of carbonyl (C=O) groups excluding carboxylic acids is 1. The molecule has 0 spiro atoms. The first kappa shape index (κ1) is 20.5. The van der Waals surface area contributed by atoms with Gasteiger partial charge in [0.05, 0.1) is 18.8 Å². The van der Waals surface area contributed by atoms with Crippen LogP contribution in [-0.4, -0.2) is 43.8 Å². The maximum absolute atomic E-state index is 13.2. The highest BCUT2D eigenvalue weighted by atomic mass is 16.5. The summed E-state index contributed by atoms with van der Waals surface area (Å²) >= 11 is 0. The minimum Gasteiger partial charge on any atom is -0.493 e. The second-order valence-corrected chi connectivity index (χ2v) is 7.80. The van der Waals surface area contributed by atoms with Crippen molar-refractivity contribution < 1.29 is 19.0 Å². The van der Waals surface area contributed by atoms with Crippen LogP contribution in [0.2, 0.25) is 0 Å². The molecule has 2 aromatic rings. The molecule has 2 aromatic carbocycles. The molecule has 6 heteroatoms. The molecule has 0 aliphatic carbocycles. The van der Waals surface area contributed by atoms with Crippen molar-refractivity contribution in [3.05, 3.63) is 53.6 Å². The van der Waals surface area contributed by atoms with E-state index in [4.69, 9.17) is 14.2 Å². The number of hydrogen-bond acceptors (Lipinski definition) is 5. The Kier molecular flexibility index (Phi) is 6.43. The van der Waals surface area contributed by atoms with Gasteiger partial charge in [0.1, 0.15) is 12.8 Å². The van der Waals surface area contributed by atoms with Crippen molar-refractivity contribution in [1.29, 1.82) is 0 Å². The molecule has 2 unspecified atom stereocenters. The monoisotopic (exact) mass is 410 g/mol. The first-order valence-electron chi connectivity index (χ1n) is 10.8. The number of benzene rings is 2. The summed E-state index contributed by atoms with van der Waals surface area (Å²) in [4.78, 5) is 15.1. The third-order valence-electron chi connectivity index (χ3n) is 5.73. The quantitative estimate of drug-likeness (QED) is 0.688. The summed E-state index contributed by atoms with van der Waals surface area (Å²) in [6.07, 6.45) is 3.98. The Bertz CT molecular complexity index is 879. The van der Waals surface area contributed by atoms with E-state index in [1.807, 2.05) is 47.4 Å². The summed E-state index contributed by atoms with van der Waals surface area (Å²) in [6, 6.07) is 13.6. The fraction of sp³-hybridized carbons (Fsp3) is 0.458. The van der Waals surface area contributed by atoms with Crippen molar-refractivity contribution in [3.8, 4) is 11.5 Å². The molecule has 30 heavy (non-hydrogen) atoms. The largest absolute Gasteiger partial charge is 0.493 e. The van der Waals surface area contributed by atoms with Crippen LogP contribution in [0.5, 0.6) is 11.5 Å². The van der Waals surface area contributed by atoms with Gasteiger partial charge in [-0.3, -0.25) is 4.79 Å². The van der Waals surface area contributed by atoms with Gasteiger partial charge in [-0.15, -0.1) is 0 Å². The first-order valence-corrected chi connectivity index (χ1v) is 10.8. The van der Waals surface area contributed by atoms with E-state index in [1.54, 1.807) is 7.11 Å². The Morgan fingerprint density at radius 2 is 2.07 bits per heavy atom. The molecule has 2 aliphatic rings. The summed E-state index contributed by atoms with van der Waals surface area (Å²) in [5.41, 5.74) is 2.54. The van der Waals surface area contributed by atoms with Gasteiger partial charge in [0, 0.05) is 18.8 Å². The van der Waals surface area contributed by atoms with Gasteiger partial charge in [0.25, 0.3) is 5.91 Å². The molecule has 0 aromatic heterocycles. The zero-order valence-corrected chi connectivity index (χ0v) is 17.7. The van der Waals surface area contributed by atoms with Gasteiger partial charge in [-0.25, -0.2) is 0 Å². The van der Waals surface area contributed by atoms with Crippen molar-refractivity contribution in [2.24, 2.45) is 0 Å². The number of para-hydroxylation sites is 1. The highest BCUT2D eigenvalue weighted by molar-refractivity contribution is 6.01. The summed E-state index contributed by atoms with van der Waals surface area (Å²) < 4.78 is 17.2. The molecule has 1 amide bonds. The van der Waals surface area contributed by atoms with Crippen molar-refractivity contribution in [2.75, 3.05) is 32.2 Å². The van der Waals surface area contributed by atoms with Gasteiger partial charge in [-0.2, -0.15) is 0 Å². The van der Waals surface area contributed by atoms with Gasteiger partial charge in [0.2, 0.25) is 0 Å². The lowest BCUT2D eigenvalue weighted by Crippen LogP contribution is -2.43. The first-order chi connectivity index (χ1) is 14.7. The van der Waals surface area contributed by atoms with Crippen LogP contribution in [0.4, 0.5) is 5.69 Å². The minimum absolute atomic E-state index is 0.0560. The summed E-state index contributed by atoms with van der Waals surface area (Å²) in [6.45, 7) is 4.15. The number of methoxy groups -OCH3 is 1. The predicted molar refractivity (Wildman–Crippen MR) is 116 cm³/mol. The third kappa shape index (κ3) is 4.24. The van der Waals surface area contributed by atoms with Gasteiger partial charge in [0.15, 0.2) is 11.5 Å². The Balaban J connectivity index is 1.59. The van der Waals surface area contributed by atoms with E-state index < -0.39 is 0 Å². The molecule has 6 nitrogen and oxygen atoms in total.